The Hall–Kier alpha value is -0.580. The monoisotopic (exact) mass is 244 g/mol. The lowest BCUT2D eigenvalue weighted by Crippen LogP contribution is -2.26. The fourth-order valence-corrected chi connectivity index (χ4v) is 2.29. The summed E-state index contributed by atoms with van der Waals surface area (Å²) in [5, 5.41) is 14.8. The van der Waals surface area contributed by atoms with Gasteiger partial charge in [-0.05, 0) is 25.7 Å². The minimum absolute atomic E-state index is 0.155. The zero-order valence-electron chi connectivity index (χ0n) is 9.56. The van der Waals surface area contributed by atoms with Crippen molar-refractivity contribution in [1.82, 2.24) is 9.78 Å². The van der Waals surface area contributed by atoms with Gasteiger partial charge in [-0.1, -0.05) is 11.6 Å². The molecule has 0 aromatic carbocycles. The Morgan fingerprint density at radius 2 is 2.38 bits per heavy atom. The molecule has 1 fully saturated rings. The molecule has 0 amide bonds. The minimum Gasteiger partial charge on any atom is -0.384 e. The Labute approximate surface area is 100 Å². The van der Waals surface area contributed by atoms with E-state index in [0.717, 1.165) is 12.8 Å². The third-order valence-corrected chi connectivity index (χ3v) is 3.27. The SMILES string of the molecule is CCOC(C1CC1)C(O)c1c(Cl)cnn1C. The van der Waals surface area contributed by atoms with Crippen molar-refractivity contribution in [3.05, 3.63) is 16.9 Å². The third-order valence-electron chi connectivity index (χ3n) is 2.97. The second kappa shape index (κ2) is 4.73. The number of hydrogen-bond acceptors (Lipinski definition) is 3. The topological polar surface area (TPSA) is 47.3 Å². The summed E-state index contributed by atoms with van der Waals surface area (Å²) in [6, 6.07) is 0. The summed E-state index contributed by atoms with van der Waals surface area (Å²) < 4.78 is 7.22. The lowest BCUT2D eigenvalue weighted by atomic mass is 10.1. The van der Waals surface area contributed by atoms with Gasteiger partial charge in [0.1, 0.15) is 6.10 Å². The molecule has 1 aromatic rings. The summed E-state index contributed by atoms with van der Waals surface area (Å²) in [4.78, 5) is 0. The van der Waals surface area contributed by atoms with Crippen LogP contribution in [0.4, 0.5) is 0 Å². The molecule has 0 radical (unpaired) electrons. The van der Waals surface area contributed by atoms with Crippen LogP contribution >= 0.6 is 11.6 Å². The van der Waals surface area contributed by atoms with Crippen molar-refractivity contribution in [3.63, 3.8) is 0 Å². The van der Waals surface area contributed by atoms with E-state index in [-0.39, 0.29) is 6.10 Å². The summed E-state index contributed by atoms with van der Waals surface area (Å²) in [5.74, 6) is 0.459. The first-order valence-corrected chi connectivity index (χ1v) is 6.00. The molecule has 1 heterocycles. The van der Waals surface area contributed by atoms with E-state index in [1.54, 1.807) is 17.9 Å². The van der Waals surface area contributed by atoms with Crippen LogP contribution in [-0.4, -0.2) is 27.6 Å². The molecule has 2 rings (SSSR count). The number of nitrogens with zero attached hydrogens (tertiary/aromatic N) is 2. The van der Waals surface area contributed by atoms with E-state index in [0.29, 0.717) is 23.2 Å². The molecular formula is C11H17ClN2O2. The van der Waals surface area contributed by atoms with Gasteiger partial charge in [0.05, 0.1) is 23.0 Å². The zero-order chi connectivity index (χ0) is 11.7. The number of halogens is 1. The Morgan fingerprint density at radius 1 is 1.69 bits per heavy atom. The molecule has 2 unspecified atom stereocenters. The van der Waals surface area contributed by atoms with Crippen LogP contribution in [0.25, 0.3) is 0 Å². The van der Waals surface area contributed by atoms with Gasteiger partial charge in [0, 0.05) is 13.7 Å². The molecule has 4 nitrogen and oxygen atoms in total. The molecule has 0 bridgehead atoms. The van der Waals surface area contributed by atoms with Gasteiger partial charge in [-0.15, -0.1) is 0 Å². The summed E-state index contributed by atoms with van der Waals surface area (Å²) in [5.41, 5.74) is 0.645. The highest BCUT2D eigenvalue weighted by Crippen LogP contribution is 2.41. The van der Waals surface area contributed by atoms with E-state index >= 15 is 0 Å². The fraction of sp³-hybridized carbons (Fsp3) is 0.727. The minimum atomic E-state index is -0.688. The normalized spacial score (nSPS) is 19.8. The van der Waals surface area contributed by atoms with E-state index in [9.17, 15) is 5.11 Å². The molecule has 0 aliphatic heterocycles. The van der Waals surface area contributed by atoms with Crippen LogP contribution in [0, 0.1) is 5.92 Å². The van der Waals surface area contributed by atoms with E-state index in [4.69, 9.17) is 16.3 Å². The van der Waals surface area contributed by atoms with E-state index in [1.165, 1.54) is 0 Å². The first-order chi connectivity index (χ1) is 7.65. The lowest BCUT2D eigenvalue weighted by Gasteiger charge is -2.23. The second-order valence-electron chi connectivity index (χ2n) is 4.20. The second-order valence-corrected chi connectivity index (χ2v) is 4.61. The van der Waals surface area contributed by atoms with Gasteiger partial charge < -0.3 is 9.84 Å². The van der Waals surface area contributed by atoms with Crippen molar-refractivity contribution in [1.29, 1.82) is 0 Å². The summed E-state index contributed by atoms with van der Waals surface area (Å²) in [6.45, 7) is 2.54. The summed E-state index contributed by atoms with van der Waals surface area (Å²) in [6.07, 6.45) is 2.95. The number of aryl methyl sites for hydroxylation is 1. The molecule has 1 N–H and O–H groups in total. The van der Waals surface area contributed by atoms with Crippen molar-refractivity contribution < 1.29 is 9.84 Å². The Bertz CT molecular complexity index is 343. The molecule has 1 aliphatic carbocycles. The quantitative estimate of drug-likeness (QED) is 0.861. The molecule has 1 saturated carbocycles. The van der Waals surface area contributed by atoms with Crippen LogP contribution in [-0.2, 0) is 11.8 Å². The van der Waals surface area contributed by atoms with Crippen LogP contribution in [0.2, 0.25) is 5.02 Å². The van der Waals surface area contributed by atoms with Gasteiger partial charge in [-0.2, -0.15) is 5.10 Å². The third kappa shape index (κ3) is 2.24. The molecular weight excluding hydrogens is 228 g/mol. The van der Waals surface area contributed by atoms with E-state index in [2.05, 4.69) is 5.10 Å². The van der Waals surface area contributed by atoms with Gasteiger partial charge in [0.15, 0.2) is 0 Å². The summed E-state index contributed by atoms with van der Waals surface area (Å²) >= 11 is 6.01. The number of aromatic nitrogens is 2. The number of rotatable bonds is 5. The highest BCUT2D eigenvalue weighted by atomic mass is 35.5. The smallest absolute Gasteiger partial charge is 0.123 e. The maximum absolute atomic E-state index is 10.3. The maximum Gasteiger partial charge on any atom is 0.123 e. The van der Waals surface area contributed by atoms with E-state index < -0.39 is 6.10 Å². The largest absolute Gasteiger partial charge is 0.384 e. The molecule has 0 spiro atoms. The molecule has 1 aromatic heterocycles. The van der Waals surface area contributed by atoms with Gasteiger partial charge in [0.25, 0.3) is 0 Å². The Kier molecular flexibility index (Phi) is 3.52. The molecule has 2 atom stereocenters. The average molecular weight is 245 g/mol. The van der Waals surface area contributed by atoms with Crippen molar-refractivity contribution >= 4 is 11.6 Å². The number of aliphatic hydroxyl groups excluding tert-OH is 1. The van der Waals surface area contributed by atoms with Crippen molar-refractivity contribution in [2.24, 2.45) is 13.0 Å². The van der Waals surface area contributed by atoms with Crippen molar-refractivity contribution in [2.45, 2.75) is 32.0 Å². The summed E-state index contributed by atoms with van der Waals surface area (Å²) in [7, 11) is 1.78. The Morgan fingerprint density at radius 3 is 2.81 bits per heavy atom. The van der Waals surface area contributed by atoms with Crippen LogP contribution in [0.3, 0.4) is 0 Å². The van der Waals surface area contributed by atoms with Crippen molar-refractivity contribution in [3.8, 4) is 0 Å². The number of ether oxygens (including phenoxy) is 1. The van der Waals surface area contributed by atoms with Gasteiger partial charge in [0.2, 0.25) is 0 Å². The van der Waals surface area contributed by atoms with Crippen LogP contribution < -0.4 is 0 Å². The molecule has 90 valence electrons. The highest BCUT2D eigenvalue weighted by molar-refractivity contribution is 6.31. The Balaban J connectivity index is 2.18. The standard InChI is InChI=1S/C11H17ClN2O2/c1-3-16-11(7-4-5-7)10(15)9-8(12)6-13-14(9)2/h6-7,10-11,15H,3-5H2,1-2H3. The van der Waals surface area contributed by atoms with Gasteiger partial charge in [-0.25, -0.2) is 0 Å². The molecule has 1 aliphatic rings. The van der Waals surface area contributed by atoms with Crippen molar-refractivity contribution in [2.75, 3.05) is 6.61 Å². The number of aliphatic hydroxyl groups is 1. The predicted molar refractivity (Wildman–Crippen MR) is 61.3 cm³/mol. The maximum atomic E-state index is 10.3. The van der Waals surface area contributed by atoms with Gasteiger partial charge >= 0.3 is 0 Å². The lowest BCUT2D eigenvalue weighted by molar-refractivity contribution is -0.0492. The van der Waals surface area contributed by atoms with Crippen LogP contribution in [0.5, 0.6) is 0 Å². The first-order valence-electron chi connectivity index (χ1n) is 5.62. The average Bonchev–Trinajstić information content (AvgIpc) is 3.02. The predicted octanol–water partition coefficient (Wildman–Crippen LogP) is 1.92. The van der Waals surface area contributed by atoms with Gasteiger partial charge in [-0.3, -0.25) is 4.68 Å². The van der Waals surface area contributed by atoms with Crippen LogP contribution in [0.15, 0.2) is 6.20 Å². The van der Waals surface area contributed by atoms with E-state index in [1.807, 2.05) is 6.92 Å². The molecule has 5 heteroatoms. The number of hydrogen-bond donors (Lipinski definition) is 1. The van der Waals surface area contributed by atoms with Crippen LogP contribution in [0.1, 0.15) is 31.6 Å². The molecule has 0 saturated heterocycles. The molecule has 16 heavy (non-hydrogen) atoms. The first kappa shape index (κ1) is 11.9. The fourth-order valence-electron chi connectivity index (χ4n) is 2.01. The highest BCUT2D eigenvalue weighted by Gasteiger charge is 2.39. The zero-order valence-corrected chi connectivity index (χ0v) is 10.3.